The standard InChI is InChI=1S/C23H17Br2N3O2S2/c1-13-9-15(24)10-18(25)21(13)30-11-20(29)27-22(31)28-23-26-19(12-32-23)17-8-4-6-14-5-2-3-7-16(14)17/h2-10,12H,11H2,1H3,(H2,26,27,28,29,31). The summed E-state index contributed by atoms with van der Waals surface area (Å²) in [6.07, 6.45) is 0. The van der Waals surface area contributed by atoms with Crippen molar-refractivity contribution in [1.29, 1.82) is 0 Å². The number of benzene rings is 3. The highest BCUT2D eigenvalue weighted by Gasteiger charge is 2.13. The molecule has 4 rings (SSSR count). The van der Waals surface area contributed by atoms with Gasteiger partial charge in [0.1, 0.15) is 5.75 Å². The number of halogens is 2. The number of aromatic nitrogens is 1. The number of anilines is 1. The average Bonchev–Trinajstić information content (AvgIpc) is 3.20. The molecular weight excluding hydrogens is 574 g/mol. The van der Waals surface area contributed by atoms with Crippen molar-refractivity contribution in [2.75, 3.05) is 11.9 Å². The number of thiocarbonyl (C=S) groups is 1. The average molecular weight is 591 g/mol. The van der Waals surface area contributed by atoms with Gasteiger partial charge in [0, 0.05) is 15.4 Å². The number of hydrogen-bond acceptors (Lipinski definition) is 5. The highest BCUT2D eigenvalue weighted by atomic mass is 79.9. The van der Waals surface area contributed by atoms with E-state index in [4.69, 9.17) is 17.0 Å². The Bertz CT molecular complexity index is 1300. The van der Waals surface area contributed by atoms with Crippen molar-refractivity contribution in [1.82, 2.24) is 10.3 Å². The van der Waals surface area contributed by atoms with Crippen molar-refractivity contribution < 1.29 is 9.53 Å². The third-order valence-corrected chi connectivity index (χ3v) is 6.59. The van der Waals surface area contributed by atoms with Crippen LogP contribution in [0, 0.1) is 6.92 Å². The predicted molar refractivity (Wildman–Crippen MR) is 141 cm³/mol. The number of aryl methyl sites for hydroxylation is 1. The summed E-state index contributed by atoms with van der Waals surface area (Å²) in [7, 11) is 0. The summed E-state index contributed by atoms with van der Waals surface area (Å²) < 4.78 is 7.35. The quantitative estimate of drug-likeness (QED) is 0.254. The topological polar surface area (TPSA) is 63.2 Å². The number of rotatable bonds is 5. The number of carbonyl (C=O) groups is 1. The second-order valence-electron chi connectivity index (χ2n) is 6.89. The monoisotopic (exact) mass is 589 g/mol. The van der Waals surface area contributed by atoms with Crippen molar-refractivity contribution in [2.24, 2.45) is 0 Å². The first-order chi connectivity index (χ1) is 15.4. The first-order valence-electron chi connectivity index (χ1n) is 9.53. The van der Waals surface area contributed by atoms with Gasteiger partial charge in [-0.3, -0.25) is 10.1 Å². The van der Waals surface area contributed by atoms with Crippen LogP contribution in [0.2, 0.25) is 0 Å². The van der Waals surface area contributed by atoms with Gasteiger partial charge in [-0.05, 0) is 63.5 Å². The van der Waals surface area contributed by atoms with Gasteiger partial charge in [0.25, 0.3) is 5.91 Å². The zero-order chi connectivity index (χ0) is 22.7. The molecule has 162 valence electrons. The van der Waals surface area contributed by atoms with Gasteiger partial charge in [-0.1, -0.05) is 58.4 Å². The van der Waals surface area contributed by atoms with Crippen LogP contribution in [0.25, 0.3) is 22.0 Å². The number of carbonyl (C=O) groups excluding carboxylic acids is 1. The first-order valence-corrected chi connectivity index (χ1v) is 12.4. The molecule has 9 heteroatoms. The fourth-order valence-corrected chi connectivity index (χ4v) is 5.75. The Morgan fingerprint density at radius 2 is 1.94 bits per heavy atom. The summed E-state index contributed by atoms with van der Waals surface area (Å²) in [6.45, 7) is 1.74. The molecule has 0 fully saturated rings. The van der Waals surface area contributed by atoms with Crippen molar-refractivity contribution in [3.63, 3.8) is 0 Å². The van der Waals surface area contributed by atoms with E-state index in [0.717, 1.165) is 36.5 Å². The lowest BCUT2D eigenvalue weighted by Gasteiger charge is -2.12. The molecule has 0 aliphatic heterocycles. The molecule has 4 aromatic rings. The van der Waals surface area contributed by atoms with E-state index in [2.05, 4.69) is 65.7 Å². The molecule has 0 bridgehead atoms. The lowest BCUT2D eigenvalue weighted by atomic mass is 10.0. The molecule has 0 unspecified atom stereocenters. The van der Waals surface area contributed by atoms with Crippen molar-refractivity contribution in [2.45, 2.75) is 6.92 Å². The molecular formula is C23H17Br2N3O2S2. The lowest BCUT2D eigenvalue weighted by Crippen LogP contribution is -2.37. The number of nitrogens with one attached hydrogen (secondary N) is 2. The maximum Gasteiger partial charge on any atom is 0.264 e. The molecule has 1 heterocycles. The second kappa shape index (κ2) is 10.1. The Morgan fingerprint density at radius 1 is 1.16 bits per heavy atom. The van der Waals surface area contributed by atoms with E-state index in [9.17, 15) is 4.79 Å². The predicted octanol–water partition coefficient (Wildman–Crippen LogP) is 6.69. The SMILES string of the molecule is Cc1cc(Br)cc(Br)c1OCC(=O)NC(=S)Nc1nc(-c2cccc3ccccc23)cs1. The van der Waals surface area contributed by atoms with Gasteiger partial charge in [0.05, 0.1) is 10.2 Å². The molecule has 5 nitrogen and oxygen atoms in total. The van der Waals surface area contributed by atoms with Crippen LogP contribution in [-0.4, -0.2) is 22.6 Å². The number of ether oxygens (including phenoxy) is 1. The van der Waals surface area contributed by atoms with E-state index in [-0.39, 0.29) is 17.6 Å². The lowest BCUT2D eigenvalue weighted by molar-refractivity contribution is -0.121. The Morgan fingerprint density at radius 3 is 2.75 bits per heavy atom. The van der Waals surface area contributed by atoms with Gasteiger partial charge in [0.15, 0.2) is 16.9 Å². The smallest absolute Gasteiger partial charge is 0.264 e. The van der Waals surface area contributed by atoms with Gasteiger partial charge in [-0.15, -0.1) is 11.3 Å². The third-order valence-electron chi connectivity index (χ3n) is 4.58. The zero-order valence-electron chi connectivity index (χ0n) is 16.8. The van der Waals surface area contributed by atoms with E-state index < -0.39 is 0 Å². The van der Waals surface area contributed by atoms with Crippen LogP contribution in [0.15, 0.2) is 68.9 Å². The molecule has 0 aliphatic rings. The highest BCUT2D eigenvalue weighted by Crippen LogP contribution is 2.32. The van der Waals surface area contributed by atoms with Crippen LogP contribution in [0.3, 0.4) is 0 Å². The normalized spacial score (nSPS) is 10.7. The second-order valence-corrected chi connectivity index (χ2v) is 9.93. The van der Waals surface area contributed by atoms with Crippen molar-refractivity contribution >= 4 is 82.3 Å². The van der Waals surface area contributed by atoms with Gasteiger partial charge in [-0.25, -0.2) is 4.98 Å². The van der Waals surface area contributed by atoms with Gasteiger partial charge < -0.3 is 10.1 Å². The number of fused-ring (bicyclic) bond motifs is 1. The van der Waals surface area contributed by atoms with E-state index in [1.54, 1.807) is 0 Å². The Labute approximate surface area is 211 Å². The molecule has 1 aromatic heterocycles. The van der Waals surface area contributed by atoms with Gasteiger partial charge in [0.2, 0.25) is 0 Å². The number of nitrogens with zero attached hydrogens (tertiary/aromatic N) is 1. The van der Waals surface area contributed by atoms with Crippen molar-refractivity contribution in [3.05, 3.63) is 74.5 Å². The van der Waals surface area contributed by atoms with E-state index >= 15 is 0 Å². The fraction of sp³-hybridized carbons (Fsp3) is 0.0870. The minimum atomic E-state index is -0.359. The number of thiazole rings is 1. The summed E-state index contributed by atoms with van der Waals surface area (Å²) in [5, 5.41) is 10.6. The maximum atomic E-state index is 12.3. The van der Waals surface area contributed by atoms with Crippen molar-refractivity contribution in [3.8, 4) is 17.0 Å². The Kier molecular flexibility index (Phi) is 7.20. The molecule has 0 saturated carbocycles. The van der Waals surface area contributed by atoms with E-state index in [1.807, 2.05) is 48.7 Å². The van der Waals surface area contributed by atoms with E-state index in [0.29, 0.717) is 10.9 Å². The molecule has 3 aromatic carbocycles. The largest absolute Gasteiger partial charge is 0.482 e. The molecule has 32 heavy (non-hydrogen) atoms. The zero-order valence-corrected chi connectivity index (χ0v) is 21.6. The summed E-state index contributed by atoms with van der Waals surface area (Å²) in [6, 6.07) is 18.1. The number of amides is 1. The first kappa shape index (κ1) is 22.8. The van der Waals surface area contributed by atoms with Crippen LogP contribution in [0.1, 0.15) is 5.56 Å². The van der Waals surface area contributed by atoms with Crippen LogP contribution in [-0.2, 0) is 4.79 Å². The minimum absolute atomic E-state index is 0.165. The van der Waals surface area contributed by atoms with Crippen LogP contribution < -0.4 is 15.4 Å². The molecule has 1 amide bonds. The van der Waals surface area contributed by atoms with Crippen LogP contribution in [0.5, 0.6) is 5.75 Å². The summed E-state index contributed by atoms with van der Waals surface area (Å²) in [5.41, 5.74) is 2.80. The molecule has 0 radical (unpaired) electrons. The summed E-state index contributed by atoms with van der Waals surface area (Å²) in [4.78, 5) is 16.9. The Balaban J connectivity index is 1.37. The molecule has 0 aliphatic carbocycles. The van der Waals surface area contributed by atoms with Crippen LogP contribution in [0.4, 0.5) is 5.13 Å². The molecule has 0 atom stereocenters. The molecule has 0 spiro atoms. The summed E-state index contributed by atoms with van der Waals surface area (Å²) in [5.74, 6) is 0.254. The third kappa shape index (κ3) is 5.35. The Hall–Kier alpha value is -2.33. The highest BCUT2D eigenvalue weighted by molar-refractivity contribution is 9.11. The van der Waals surface area contributed by atoms with Crippen LogP contribution >= 0.6 is 55.4 Å². The summed E-state index contributed by atoms with van der Waals surface area (Å²) >= 11 is 13.6. The molecule has 0 saturated heterocycles. The van der Waals surface area contributed by atoms with Gasteiger partial charge >= 0.3 is 0 Å². The maximum absolute atomic E-state index is 12.3. The fourth-order valence-electron chi connectivity index (χ4n) is 3.20. The number of hydrogen-bond donors (Lipinski definition) is 2. The minimum Gasteiger partial charge on any atom is -0.482 e. The van der Waals surface area contributed by atoms with E-state index in [1.165, 1.54) is 11.3 Å². The molecule has 2 N–H and O–H groups in total. The van der Waals surface area contributed by atoms with Gasteiger partial charge in [-0.2, -0.15) is 0 Å².